The van der Waals surface area contributed by atoms with E-state index in [4.69, 9.17) is 25.8 Å². The number of hydrogen-bond acceptors (Lipinski definition) is 10. The van der Waals surface area contributed by atoms with E-state index in [1.807, 2.05) is 39.8 Å². The molecule has 4 heterocycles. The topological polar surface area (TPSA) is 129 Å². The zero-order chi connectivity index (χ0) is 29.1. The molecule has 1 aromatic carbocycles. The van der Waals surface area contributed by atoms with Gasteiger partial charge in [0.1, 0.15) is 18.8 Å². The standard InChI is InChI=1S/C28H27ClN6O5S/c1-16-12-20(19-6-5-7-22-23(19)38-11-10-35(22)27(37)40-28(2,3)4)21(14-30-16)24(36)32-25-33-34-26(41-25)39-15-18-9-8-17(29)13-31-18/h5-9,12-14H,10-11,15H2,1-4H3,(H,32,33,36). The highest BCUT2D eigenvalue weighted by Crippen LogP contribution is 2.42. The Hall–Kier alpha value is -4.29. The summed E-state index contributed by atoms with van der Waals surface area (Å²) in [5.74, 6) is 0.0404. The summed E-state index contributed by atoms with van der Waals surface area (Å²) in [6.07, 6.45) is 2.56. The fraction of sp³-hybridized carbons (Fsp3) is 0.286. The van der Waals surface area contributed by atoms with Crippen molar-refractivity contribution >= 4 is 45.8 Å². The van der Waals surface area contributed by atoms with Crippen molar-refractivity contribution < 1.29 is 23.8 Å². The van der Waals surface area contributed by atoms with Crippen molar-refractivity contribution in [1.82, 2.24) is 20.2 Å². The van der Waals surface area contributed by atoms with E-state index in [2.05, 4.69) is 25.5 Å². The molecular formula is C28H27ClN6O5S. The van der Waals surface area contributed by atoms with E-state index >= 15 is 0 Å². The van der Waals surface area contributed by atoms with Crippen LogP contribution in [0.4, 0.5) is 15.6 Å². The van der Waals surface area contributed by atoms with Crippen molar-refractivity contribution in [2.24, 2.45) is 0 Å². The van der Waals surface area contributed by atoms with Crippen molar-refractivity contribution in [3.63, 3.8) is 0 Å². The number of carbonyl (C=O) groups excluding carboxylic acids is 2. The van der Waals surface area contributed by atoms with Gasteiger partial charge in [0.15, 0.2) is 5.75 Å². The van der Waals surface area contributed by atoms with Gasteiger partial charge in [-0.15, -0.1) is 5.10 Å². The van der Waals surface area contributed by atoms with E-state index in [1.165, 1.54) is 12.4 Å². The van der Waals surface area contributed by atoms with Crippen LogP contribution in [-0.2, 0) is 11.3 Å². The van der Waals surface area contributed by atoms with E-state index in [-0.39, 0.29) is 23.5 Å². The summed E-state index contributed by atoms with van der Waals surface area (Å²) in [5.41, 5.74) is 2.81. The molecule has 0 saturated carbocycles. The Kier molecular flexibility index (Phi) is 8.04. The number of fused-ring (bicyclic) bond motifs is 1. The molecule has 1 aliphatic rings. The van der Waals surface area contributed by atoms with Crippen LogP contribution in [0.25, 0.3) is 11.1 Å². The number of nitrogens with one attached hydrogen (secondary N) is 1. The first-order valence-corrected chi connectivity index (χ1v) is 13.9. The van der Waals surface area contributed by atoms with Crippen LogP contribution in [0, 0.1) is 6.92 Å². The molecule has 0 unspecified atom stereocenters. The van der Waals surface area contributed by atoms with Crippen LogP contribution < -0.4 is 19.7 Å². The van der Waals surface area contributed by atoms with Gasteiger partial charge in [-0.05, 0) is 63.3 Å². The Morgan fingerprint density at radius 2 is 1.95 bits per heavy atom. The number of aryl methyl sites for hydroxylation is 1. The van der Waals surface area contributed by atoms with E-state index in [1.54, 1.807) is 29.2 Å². The lowest BCUT2D eigenvalue weighted by atomic mass is 9.97. The summed E-state index contributed by atoms with van der Waals surface area (Å²) in [4.78, 5) is 36.4. The average Bonchev–Trinajstić information content (AvgIpc) is 3.38. The van der Waals surface area contributed by atoms with E-state index in [0.29, 0.717) is 51.1 Å². The number of pyridine rings is 2. The molecule has 0 aliphatic carbocycles. The SMILES string of the molecule is Cc1cc(-c2cccc3c2OCCN3C(=O)OC(C)(C)C)c(C(=O)Nc2nnc(OCc3ccc(Cl)cn3)s2)cn1. The fourth-order valence-electron chi connectivity index (χ4n) is 4.04. The van der Waals surface area contributed by atoms with E-state index in [0.717, 1.165) is 11.3 Å². The molecule has 2 amide bonds. The quantitative estimate of drug-likeness (QED) is 0.289. The molecule has 1 N–H and O–H groups in total. The third-order valence-corrected chi connectivity index (χ3v) is 6.77. The number of halogens is 1. The Labute approximate surface area is 245 Å². The molecule has 0 bridgehead atoms. The van der Waals surface area contributed by atoms with Crippen molar-refractivity contribution in [3.05, 3.63) is 70.8 Å². The number of anilines is 2. The number of aromatic nitrogens is 4. The monoisotopic (exact) mass is 594 g/mol. The molecule has 0 radical (unpaired) electrons. The number of amides is 2. The molecule has 41 heavy (non-hydrogen) atoms. The van der Waals surface area contributed by atoms with Gasteiger partial charge in [0.25, 0.3) is 11.1 Å². The highest BCUT2D eigenvalue weighted by Gasteiger charge is 2.30. The number of benzene rings is 1. The molecule has 3 aromatic heterocycles. The average molecular weight is 595 g/mol. The second kappa shape index (κ2) is 11.7. The lowest BCUT2D eigenvalue weighted by Crippen LogP contribution is -2.41. The molecule has 11 nitrogen and oxygen atoms in total. The summed E-state index contributed by atoms with van der Waals surface area (Å²) >= 11 is 6.95. The van der Waals surface area contributed by atoms with E-state index < -0.39 is 17.6 Å². The molecule has 0 fully saturated rings. The van der Waals surface area contributed by atoms with Gasteiger partial charge in [-0.2, -0.15) is 0 Å². The third-order valence-electron chi connectivity index (χ3n) is 5.79. The number of carbonyl (C=O) groups is 2. The first-order chi connectivity index (χ1) is 19.6. The number of rotatable bonds is 6. The summed E-state index contributed by atoms with van der Waals surface area (Å²) < 4.78 is 17.3. The van der Waals surface area contributed by atoms with Crippen LogP contribution in [0.2, 0.25) is 5.02 Å². The van der Waals surface area contributed by atoms with Crippen molar-refractivity contribution in [2.45, 2.75) is 39.9 Å². The van der Waals surface area contributed by atoms with Gasteiger partial charge in [-0.1, -0.05) is 28.8 Å². The Morgan fingerprint density at radius 3 is 2.71 bits per heavy atom. The smallest absolute Gasteiger partial charge is 0.415 e. The predicted octanol–water partition coefficient (Wildman–Crippen LogP) is 5.92. The van der Waals surface area contributed by atoms with Gasteiger partial charge in [0, 0.05) is 29.2 Å². The number of nitrogens with zero attached hydrogens (tertiary/aromatic N) is 5. The maximum absolute atomic E-state index is 13.4. The maximum Gasteiger partial charge on any atom is 0.415 e. The second-order valence-electron chi connectivity index (χ2n) is 10.1. The Bertz CT molecular complexity index is 1590. The molecule has 5 rings (SSSR count). The Morgan fingerprint density at radius 1 is 1.12 bits per heavy atom. The van der Waals surface area contributed by atoms with Crippen LogP contribution in [0.15, 0.2) is 48.8 Å². The largest absolute Gasteiger partial charge is 0.489 e. The maximum atomic E-state index is 13.4. The van der Waals surface area contributed by atoms with Crippen LogP contribution in [-0.4, -0.2) is 50.9 Å². The number of hydrogen-bond donors (Lipinski definition) is 1. The van der Waals surface area contributed by atoms with Crippen LogP contribution >= 0.6 is 22.9 Å². The predicted molar refractivity (Wildman–Crippen MR) is 155 cm³/mol. The molecule has 0 saturated heterocycles. The first-order valence-electron chi connectivity index (χ1n) is 12.7. The van der Waals surface area contributed by atoms with Gasteiger partial charge in [-0.25, -0.2) is 4.79 Å². The van der Waals surface area contributed by atoms with Crippen LogP contribution in [0.3, 0.4) is 0 Å². The van der Waals surface area contributed by atoms with Gasteiger partial charge >= 0.3 is 6.09 Å². The first kappa shape index (κ1) is 28.2. The lowest BCUT2D eigenvalue weighted by molar-refractivity contribution is 0.0567. The minimum atomic E-state index is -0.650. The molecule has 1 aliphatic heterocycles. The Balaban J connectivity index is 1.38. The van der Waals surface area contributed by atoms with E-state index in [9.17, 15) is 9.59 Å². The third kappa shape index (κ3) is 6.72. The molecule has 212 valence electrons. The van der Waals surface area contributed by atoms with Gasteiger partial charge in [0.05, 0.1) is 28.5 Å². The van der Waals surface area contributed by atoms with Gasteiger partial charge in [-0.3, -0.25) is 25.0 Å². The molecule has 4 aromatic rings. The zero-order valence-corrected chi connectivity index (χ0v) is 24.4. The van der Waals surface area contributed by atoms with Crippen molar-refractivity contribution in [2.75, 3.05) is 23.4 Å². The summed E-state index contributed by atoms with van der Waals surface area (Å²) in [7, 11) is 0. The highest BCUT2D eigenvalue weighted by molar-refractivity contribution is 7.17. The van der Waals surface area contributed by atoms with Crippen LogP contribution in [0.1, 0.15) is 42.5 Å². The highest BCUT2D eigenvalue weighted by atomic mass is 35.5. The normalized spacial score (nSPS) is 12.8. The van der Waals surface area contributed by atoms with Gasteiger partial charge in [0.2, 0.25) is 5.13 Å². The number of ether oxygens (including phenoxy) is 3. The zero-order valence-electron chi connectivity index (χ0n) is 22.8. The van der Waals surface area contributed by atoms with Crippen molar-refractivity contribution in [3.8, 4) is 22.1 Å². The van der Waals surface area contributed by atoms with Crippen LogP contribution in [0.5, 0.6) is 10.9 Å². The fourth-order valence-corrected chi connectivity index (χ4v) is 4.74. The molecule has 13 heteroatoms. The minimum Gasteiger partial charge on any atom is -0.489 e. The van der Waals surface area contributed by atoms with Gasteiger partial charge < -0.3 is 14.2 Å². The van der Waals surface area contributed by atoms with Crippen molar-refractivity contribution in [1.29, 1.82) is 0 Å². The lowest BCUT2D eigenvalue weighted by Gasteiger charge is -2.32. The minimum absolute atomic E-state index is 0.172. The second-order valence-corrected chi connectivity index (χ2v) is 11.5. The molecular weight excluding hydrogens is 568 g/mol. The molecule has 0 atom stereocenters. The summed E-state index contributed by atoms with van der Waals surface area (Å²) in [6, 6.07) is 10.7. The number of para-hydroxylation sites is 1. The summed E-state index contributed by atoms with van der Waals surface area (Å²) in [5, 5.41) is 11.8. The molecule has 0 spiro atoms. The summed E-state index contributed by atoms with van der Waals surface area (Å²) in [6.45, 7) is 8.06.